The van der Waals surface area contributed by atoms with Crippen LogP contribution in [0.1, 0.15) is 57.2 Å². The number of hydrogen-bond donors (Lipinski definition) is 2. The summed E-state index contributed by atoms with van der Waals surface area (Å²) < 4.78 is 0. The van der Waals surface area contributed by atoms with Crippen LogP contribution in [0.25, 0.3) is 0 Å². The van der Waals surface area contributed by atoms with E-state index in [2.05, 4.69) is 53.8 Å². The van der Waals surface area contributed by atoms with Gasteiger partial charge in [-0.05, 0) is 37.6 Å². The minimum atomic E-state index is 0. The molecule has 1 fully saturated rings. The average molecular weight is 492 g/mol. The standard InChI is InChI=1S/C19H32N4OS.HI/c1-4-16(23-12-6-9-18(23)24)10-11-21-19(20-5-2)22-14-15(3)17-8-7-13-25-17;/h7-8,13,15-16H,4-6,9-12,14H2,1-3H3,(H2,20,21,22);1H. The number of nitrogens with zero attached hydrogens (tertiary/aromatic N) is 2. The Kier molecular flexibility index (Phi) is 11.2. The summed E-state index contributed by atoms with van der Waals surface area (Å²) in [5, 5.41) is 8.86. The molecule has 1 aliphatic rings. The van der Waals surface area contributed by atoms with Crippen molar-refractivity contribution in [2.45, 2.75) is 58.4 Å². The zero-order valence-electron chi connectivity index (χ0n) is 16.2. The Balaban J connectivity index is 0.00000338. The summed E-state index contributed by atoms with van der Waals surface area (Å²) in [5.41, 5.74) is 0. The van der Waals surface area contributed by atoms with Crippen molar-refractivity contribution in [1.82, 2.24) is 15.5 Å². The molecule has 7 heteroatoms. The van der Waals surface area contributed by atoms with Crippen molar-refractivity contribution in [1.29, 1.82) is 0 Å². The highest BCUT2D eigenvalue weighted by Gasteiger charge is 2.26. The van der Waals surface area contributed by atoms with Gasteiger partial charge in [-0.3, -0.25) is 9.79 Å². The summed E-state index contributed by atoms with van der Waals surface area (Å²) in [6.07, 6.45) is 3.70. The fraction of sp³-hybridized carbons (Fsp3) is 0.684. The van der Waals surface area contributed by atoms with Gasteiger partial charge in [0.05, 0.1) is 6.54 Å². The van der Waals surface area contributed by atoms with Gasteiger partial charge < -0.3 is 15.5 Å². The SMILES string of the molecule is CCNC(=NCC(C)c1cccs1)NCCC(CC)N1CCCC1=O.I. The maximum atomic E-state index is 11.9. The summed E-state index contributed by atoms with van der Waals surface area (Å²) in [7, 11) is 0. The van der Waals surface area contributed by atoms with Gasteiger partial charge in [-0.15, -0.1) is 35.3 Å². The predicted octanol–water partition coefficient (Wildman–Crippen LogP) is 3.82. The summed E-state index contributed by atoms with van der Waals surface area (Å²) in [6, 6.07) is 4.61. The number of aliphatic imine (C=N–C) groups is 1. The monoisotopic (exact) mass is 492 g/mol. The van der Waals surface area contributed by atoms with E-state index in [0.29, 0.717) is 24.3 Å². The molecule has 148 valence electrons. The first-order chi connectivity index (χ1) is 12.2. The minimum absolute atomic E-state index is 0. The van der Waals surface area contributed by atoms with Crippen LogP contribution in [0, 0.1) is 0 Å². The molecule has 0 aliphatic carbocycles. The Hall–Kier alpha value is -0.830. The number of nitrogens with one attached hydrogen (secondary N) is 2. The second-order valence-corrected chi connectivity index (χ2v) is 7.58. The van der Waals surface area contributed by atoms with Crippen molar-refractivity contribution in [2.24, 2.45) is 4.99 Å². The molecular weight excluding hydrogens is 459 g/mol. The van der Waals surface area contributed by atoms with Crippen LogP contribution < -0.4 is 10.6 Å². The van der Waals surface area contributed by atoms with Crippen LogP contribution in [-0.2, 0) is 4.79 Å². The molecule has 1 aromatic rings. The van der Waals surface area contributed by atoms with Crippen LogP contribution in [-0.4, -0.2) is 49.0 Å². The maximum absolute atomic E-state index is 11.9. The molecular formula is C19H33IN4OS. The number of likely N-dealkylation sites (tertiary alicyclic amines) is 1. The van der Waals surface area contributed by atoms with E-state index in [0.717, 1.165) is 51.4 Å². The Labute approximate surface area is 179 Å². The quantitative estimate of drug-likeness (QED) is 0.313. The van der Waals surface area contributed by atoms with E-state index in [-0.39, 0.29) is 24.0 Å². The number of hydrogen-bond acceptors (Lipinski definition) is 3. The van der Waals surface area contributed by atoms with Crippen molar-refractivity contribution in [3.05, 3.63) is 22.4 Å². The van der Waals surface area contributed by atoms with Crippen molar-refractivity contribution in [3.63, 3.8) is 0 Å². The van der Waals surface area contributed by atoms with Crippen LogP contribution in [0.15, 0.2) is 22.5 Å². The van der Waals surface area contributed by atoms with Gasteiger partial charge in [0, 0.05) is 42.9 Å². The molecule has 0 radical (unpaired) electrons. The number of amides is 1. The van der Waals surface area contributed by atoms with Gasteiger partial charge in [-0.1, -0.05) is 19.9 Å². The van der Waals surface area contributed by atoms with Crippen molar-refractivity contribution in [3.8, 4) is 0 Å². The normalized spacial score (nSPS) is 17.0. The summed E-state index contributed by atoms with van der Waals surface area (Å²) in [6.45, 7) is 9.84. The van der Waals surface area contributed by atoms with Crippen molar-refractivity contribution in [2.75, 3.05) is 26.2 Å². The molecule has 5 nitrogen and oxygen atoms in total. The van der Waals surface area contributed by atoms with Crippen LogP contribution in [0.5, 0.6) is 0 Å². The van der Waals surface area contributed by atoms with E-state index in [1.807, 2.05) is 0 Å². The molecule has 1 amide bonds. The molecule has 0 bridgehead atoms. The van der Waals surface area contributed by atoms with Gasteiger partial charge in [-0.25, -0.2) is 0 Å². The Bertz CT molecular complexity index is 550. The van der Waals surface area contributed by atoms with Crippen LogP contribution in [0.2, 0.25) is 0 Å². The largest absolute Gasteiger partial charge is 0.357 e. The maximum Gasteiger partial charge on any atom is 0.222 e. The van der Waals surface area contributed by atoms with Gasteiger partial charge in [-0.2, -0.15) is 0 Å². The molecule has 1 saturated heterocycles. The topological polar surface area (TPSA) is 56.7 Å². The molecule has 1 aromatic heterocycles. The molecule has 2 rings (SSSR count). The highest BCUT2D eigenvalue weighted by Crippen LogP contribution is 2.20. The number of rotatable bonds is 9. The van der Waals surface area contributed by atoms with E-state index < -0.39 is 0 Å². The molecule has 2 atom stereocenters. The molecule has 1 aliphatic heterocycles. The minimum Gasteiger partial charge on any atom is -0.357 e. The lowest BCUT2D eigenvalue weighted by Crippen LogP contribution is -2.42. The Morgan fingerprint density at radius 1 is 1.38 bits per heavy atom. The fourth-order valence-corrected chi connectivity index (χ4v) is 4.00. The molecule has 0 saturated carbocycles. The molecule has 2 unspecified atom stereocenters. The van der Waals surface area contributed by atoms with Crippen molar-refractivity contribution < 1.29 is 4.79 Å². The lowest BCUT2D eigenvalue weighted by molar-refractivity contribution is -0.129. The second-order valence-electron chi connectivity index (χ2n) is 6.60. The van der Waals surface area contributed by atoms with Gasteiger partial charge >= 0.3 is 0 Å². The van der Waals surface area contributed by atoms with Crippen LogP contribution in [0.3, 0.4) is 0 Å². The Morgan fingerprint density at radius 3 is 2.77 bits per heavy atom. The second kappa shape index (κ2) is 12.5. The zero-order valence-corrected chi connectivity index (χ0v) is 19.3. The highest BCUT2D eigenvalue weighted by atomic mass is 127. The summed E-state index contributed by atoms with van der Waals surface area (Å²) >= 11 is 1.79. The molecule has 2 heterocycles. The first-order valence-corrected chi connectivity index (χ1v) is 10.4. The van der Waals surface area contributed by atoms with E-state index in [1.54, 1.807) is 11.3 Å². The predicted molar refractivity (Wildman–Crippen MR) is 122 cm³/mol. The number of carbonyl (C=O) groups is 1. The first kappa shape index (κ1) is 23.2. The molecule has 0 spiro atoms. The fourth-order valence-electron chi connectivity index (χ4n) is 3.22. The third kappa shape index (κ3) is 7.06. The van der Waals surface area contributed by atoms with E-state index in [4.69, 9.17) is 4.99 Å². The number of carbonyl (C=O) groups excluding carboxylic acids is 1. The van der Waals surface area contributed by atoms with Gasteiger partial charge in [0.1, 0.15) is 0 Å². The molecule has 2 N–H and O–H groups in total. The highest BCUT2D eigenvalue weighted by molar-refractivity contribution is 14.0. The van der Waals surface area contributed by atoms with Crippen molar-refractivity contribution >= 4 is 47.2 Å². The lowest BCUT2D eigenvalue weighted by atomic mass is 10.1. The number of thiophene rings is 1. The van der Waals surface area contributed by atoms with E-state index in [9.17, 15) is 4.79 Å². The smallest absolute Gasteiger partial charge is 0.222 e. The summed E-state index contributed by atoms with van der Waals surface area (Å²) in [5.74, 6) is 1.62. The number of halogens is 1. The zero-order chi connectivity index (χ0) is 18.1. The molecule has 0 aromatic carbocycles. The third-order valence-electron chi connectivity index (χ3n) is 4.69. The van der Waals surface area contributed by atoms with Gasteiger partial charge in [0.25, 0.3) is 0 Å². The van der Waals surface area contributed by atoms with Crippen LogP contribution >= 0.6 is 35.3 Å². The Morgan fingerprint density at radius 2 is 2.19 bits per heavy atom. The lowest BCUT2D eigenvalue weighted by Gasteiger charge is -2.27. The van der Waals surface area contributed by atoms with E-state index in [1.165, 1.54) is 4.88 Å². The van der Waals surface area contributed by atoms with Gasteiger partial charge in [0.15, 0.2) is 5.96 Å². The van der Waals surface area contributed by atoms with E-state index >= 15 is 0 Å². The molecule has 26 heavy (non-hydrogen) atoms. The average Bonchev–Trinajstić information content (AvgIpc) is 3.28. The summed E-state index contributed by atoms with van der Waals surface area (Å²) in [4.78, 5) is 20.1. The first-order valence-electron chi connectivity index (χ1n) is 9.50. The van der Waals surface area contributed by atoms with Crippen LogP contribution in [0.4, 0.5) is 0 Å². The van der Waals surface area contributed by atoms with Gasteiger partial charge in [0.2, 0.25) is 5.91 Å². The third-order valence-corrected chi connectivity index (χ3v) is 5.79. The number of guanidine groups is 1.